The summed E-state index contributed by atoms with van der Waals surface area (Å²) in [5.74, 6) is -0.458. The molecule has 7 nitrogen and oxygen atoms in total. The molecule has 4 rings (SSSR count). The van der Waals surface area contributed by atoms with Crippen molar-refractivity contribution in [2.45, 2.75) is 29.9 Å². The molecule has 0 radical (unpaired) electrons. The van der Waals surface area contributed by atoms with Crippen LogP contribution in [0.1, 0.15) is 33.8 Å². The highest BCUT2D eigenvalue weighted by atomic mass is 32.2. The van der Waals surface area contributed by atoms with Crippen LogP contribution in [0.5, 0.6) is 0 Å². The zero-order valence-corrected chi connectivity index (χ0v) is 19.7. The summed E-state index contributed by atoms with van der Waals surface area (Å²) >= 11 is 2.49. The SMILES string of the molecule is O=C(Cc1ccc(S(=O)(=O)N2CCCCC2)s1)Nc1cccc(NC(=O)c2cccs2)c1. The minimum Gasteiger partial charge on any atom is -0.326 e. The van der Waals surface area contributed by atoms with Crippen molar-refractivity contribution in [3.8, 4) is 0 Å². The molecule has 168 valence electrons. The molecule has 10 heteroatoms. The summed E-state index contributed by atoms with van der Waals surface area (Å²) < 4.78 is 27.4. The highest BCUT2D eigenvalue weighted by molar-refractivity contribution is 7.91. The fourth-order valence-electron chi connectivity index (χ4n) is 3.46. The molecule has 2 aromatic heterocycles. The van der Waals surface area contributed by atoms with Crippen LogP contribution in [0.15, 0.2) is 58.1 Å². The van der Waals surface area contributed by atoms with E-state index in [0.717, 1.165) is 30.6 Å². The van der Waals surface area contributed by atoms with Gasteiger partial charge in [0, 0.05) is 29.3 Å². The van der Waals surface area contributed by atoms with E-state index in [1.807, 2.05) is 11.4 Å². The summed E-state index contributed by atoms with van der Waals surface area (Å²) in [5, 5.41) is 7.45. The lowest BCUT2D eigenvalue weighted by molar-refractivity contribution is -0.115. The van der Waals surface area contributed by atoms with Crippen molar-refractivity contribution in [2.75, 3.05) is 23.7 Å². The fraction of sp³-hybridized carbons (Fsp3) is 0.273. The molecule has 1 aliphatic rings. The Labute approximate surface area is 195 Å². The number of nitrogens with one attached hydrogen (secondary N) is 2. The average Bonchev–Trinajstić information content (AvgIpc) is 3.47. The molecule has 1 aliphatic heterocycles. The van der Waals surface area contributed by atoms with Crippen LogP contribution in [0, 0.1) is 0 Å². The Morgan fingerprint density at radius 1 is 0.938 bits per heavy atom. The number of thiophene rings is 2. The van der Waals surface area contributed by atoms with Crippen LogP contribution in [0.2, 0.25) is 0 Å². The monoisotopic (exact) mass is 489 g/mol. The number of nitrogens with zero attached hydrogens (tertiary/aromatic N) is 1. The number of hydrogen-bond donors (Lipinski definition) is 2. The number of hydrogen-bond acceptors (Lipinski definition) is 6. The van der Waals surface area contributed by atoms with Crippen molar-refractivity contribution in [3.05, 3.63) is 63.7 Å². The molecule has 0 bridgehead atoms. The Kier molecular flexibility index (Phi) is 7.04. The molecule has 3 aromatic rings. The average molecular weight is 490 g/mol. The molecule has 2 amide bonds. The van der Waals surface area contributed by atoms with E-state index in [9.17, 15) is 18.0 Å². The third kappa shape index (κ3) is 5.44. The summed E-state index contributed by atoms with van der Waals surface area (Å²) in [6.07, 6.45) is 2.90. The van der Waals surface area contributed by atoms with E-state index in [1.54, 1.807) is 42.5 Å². The highest BCUT2D eigenvalue weighted by Crippen LogP contribution is 2.27. The Morgan fingerprint density at radius 2 is 1.69 bits per heavy atom. The van der Waals surface area contributed by atoms with E-state index < -0.39 is 10.0 Å². The van der Waals surface area contributed by atoms with Crippen LogP contribution in [0.25, 0.3) is 0 Å². The smallest absolute Gasteiger partial charge is 0.265 e. The van der Waals surface area contributed by atoms with Crippen molar-refractivity contribution in [3.63, 3.8) is 0 Å². The van der Waals surface area contributed by atoms with Crippen LogP contribution >= 0.6 is 22.7 Å². The largest absolute Gasteiger partial charge is 0.326 e. The number of anilines is 2. The third-order valence-electron chi connectivity index (χ3n) is 5.03. The van der Waals surface area contributed by atoms with Gasteiger partial charge in [-0.2, -0.15) is 4.31 Å². The lowest BCUT2D eigenvalue weighted by Crippen LogP contribution is -2.35. The first-order valence-corrected chi connectivity index (χ1v) is 13.4. The second-order valence-electron chi connectivity index (χ2n) is 7.42. The van der Waals surface area contributed by atoms with Gasteiger partial charge in [0.05, 0.1) is 11.3 Å². The number of benzene rings is 1. The van der Waals surface area contributed by atoms with Crippen molar-refractivity contribution in [1.82, 2.24) is 4.31 Å². The maximum Gasteiger partial charge on any atom is 0.265 e. The maximum absolute atomic E-state index is 12.8. The molecule has 3 heterocycles. The third-order valence-corrected chi connectivity index (χ3v) is 9.35. The maximum atomic E-state index is 12.8. The quantitative estimate of drug-likeness (QED) is 0.514. The first kappa shape index (κ1) is 22.7. The Bertz CT molecular complexity index is 1200. The van der Waals surface area contributed by atoms with Gasteiger partial charge in [-0.1, -0.05) is 18.6 Å². The van der Waals surface area contributed by atoms with Crippen LogP contribution in [0.4, 0.5) is 11.4 Å². The topological polar surface area (TPSA) is 95.6 Å². The van der Waals surface area contributed by atoms with Gasteiger partial charge in [-0.05, 0) is 54.6 Å². The molecule has 0 unspecified atom stereocenters. The first-order chi connectivity index (χ1) is 15.4. The van der Waals surface area contributed by atoms with Crippen molar-refractivity contribution < 1.29 is 18.0 Å². The van der Waals surface area contributed by atoms with Crippen LogP contribution in [0.3, 0.4) is 0 Å². The normalized spacial score (nSPS) is 14.8. The van der Waals surface area contributed by atoms with E-state index in [-0.39, 0.29) is 22.4 Å². The molecule has 2 N–H and O–H groups in total. The number of carbonyl (C=O) groups is 2. The van der Waals surface area contributed by atoms with E-state index in [1.165, 1.54) is 15.6 Å². The van der Waals surface area contributed by atoms with Gasteiger partial charge in [0.25, 0.3) is 15.9 Å². The molecule has 0 aliphatic carbocycles. The highest BCUT2D eigenvalue weighted by Gasteiger charge is 2.27. The van der Waals surface area contributed by atoms with Crippen LogP contribution in [-0.4, -0.2) is 37.6 Å². The Hall–Kier alpha value is -2.53. The second kappa shape index (κ2) is 9.95. The number of amides is 2. The Morgan fingerprint density at radius 3 is 2.41 bits per heavy atom. The minimum atomic E-state index is -3.49. The molecular weight excluding hydrogens is 466 g/mol. The van der Waals surface area contributed by atoms with Gasteiger partial charge in [0.15, 0.2) is 0 Å². The van der Waals surface area contributed by atoms with Gasteiger partial charge in [-0.25, -0.2) is 8.42 Å². The molecule has 0 spiro atoms. The standard InChI is InChI=1S/C22H23N3O4S3/c26-20(15-18-9-10-21(31-18)32(28,29)25-11-2-1-3-12-25)23-16-6-4-7-17(14-16)24-22(27)19-8-5-13-30-19/h4-10,13-14H,1-3,11-12,15H2,(H,23,26)(H,24,27). The lowest BCUT2D eigenvalue weighted by atomic mass is 10.2. The van der Waals surface area contributed by atoms with Crippen molar-refractivity contribution in [1.29, 1.82) is 0 Å². The zero-order chi connectivity index (χ0) is 22.6. The van der Waals surface area contributed by atoms with Gasteiger partial charge in [-0.3, -0.25) is 9.59 Å². The molecule has 1 fully saturated rings. The number of carbonyl (C=O) groups excluding carboxylic acids is 2. The molecule has 1 aromatic carbocycles. The summed E-state index contributed by atoms with van der Waals surface area (Å²) in [5.41, 5.74) is 1.13. The molecular formula is C22H23N3O4S3. The summed E-state index contributed by atoms with van der Waals surface area (Å²) in [4.78, 5) is 26.0. The first-order valence-electron chi connectivity index (χ1n) is 10.3. The second-order valence-corrected chi connectivity index (χ2v) is 11.7. The number of piperidine rings is 1. The number of rotatable bonds is 7. The predicted molar refractivity (Wildman–Crippen MR) is 128 cm³/mol. The molecule has 0 saturated carbocycles. The van der Waals surface area contributed by atoms with Gasteiger partial charge in [0.2, 0.25) is 5.91 Å². The van der Waals surface area contributed by atoms with Gasteiger partial charge in [-0.15, -0.1) is 22.7 Å². The number of sulfonamides is 1. The predicted octanol–water partition coefficient (Wildman–Crippen LogP) is 4.42. The summed E-state index contributed by atoms with van der Waals surface area (Å²) in [6, 6.07) is 13.7. The summed E-state index contributed by atoms with van der Waals surface area (Å²) in [6.45, 7) is 1.10. The van der Waals surface area contributed by atoms with Crippen LogP contribution in [-0.2, 0) is 21.2 Å². The van der Waals surface area contributed by atoms with Crippen molar-refractivity contribution >= 4 is 55.9 Å². The molecule has 0 atom stereocenters. The lowest BCUT2D eigenvalue weighted by Gasteiger charge is -2.25. The summed E-state index contributed by atoms with van der Waals surface area (Å²) in [7, 11) is -3.49. The fourth-order valence-corrected chi connectivity index (χ4v) is 7.11. The van der Waals surface area contributed by atoms with E-state index in [2.05, 4.69) is 10.6 Å². The zero-order valence-electron chi connectivity index (χ0n) is 17.2. The molecule has 32 heavy (non-hydrogen) atoms. The molecule has 1 saturated heterocycles. The Balaban J connectivity index is 1.37. The van der Waals surface area contributed by atoms with Crippen molar-refractivity contribution in [2.24, 2.45) is 0 Å². The van der Waals surface area contributed by atoms with Gasteiger partial charge >= 0.3 is 0 Å². The minimum absolute atomic E-state index is 0.0754. The van der Waals surface area contributed by atoms with Gasteiger partial charge in [0.1, 0.15) is 4.21 Å². The van der Waals surface area contributed by atoms with E-state index in [4.69, 9.17) is 0 Å². The van der Waals surface area contributed by atoms with Crippen LogP contribution < -0.4 is 10.6 Å². The van der Waals surface area contributed by atoms with E-state index >= 15 is 0 Å². The van der Waals surface area contributed by atoms with E-state index in [0.29, 0.717) is 34.2 Å². The van der Waals surface area contributed by atoms with Gasteiger partial charge < -0.3 is 10.6 Å².